The van der Waals surface area contributed by atoms with Crippen LogP contribution >= 0.6 is 11.3 Å². The van der Waals surface area contributed by atoms with E-state index in [0.717, 1.165) is 23.4 Å². The quantitative estimate of drug-likeness (QED) is 0.839. The number of carbonyl (C=O) groups excluding carboxylic acids is 1. The minimum absolute atomic E-state index is 0.257. The Morgan fingerprint density at radius 1 is 1.56 bits per heavy atom. The number of thiophene rings is 1. The third-order valence-corrected chi connectivity index (χ3v) is 4.42. The van der Waals surface area contributed by atoms with Gasteiger partial charge in [0.25, 0.3) is 0 Å². The Balaban J connectivity index is 2.14. The minimum atomic E-state index is -0.887. The topological polar surface area (TPSA) is 66.8 Å². The summed E-state index contributed by atoms with van der Waals surface area (Å²) in [5, 5.41) is 8.96. The lowest BCUT2D eigenvalue weighted by atomic mass is 10.1. The molecule has 5 nitrogen and oxygen atoms in total. The normalized spacial score (nSPS) is 17.0. The summed E-state index contributed by atoms with van der Waals surface area (Å²) < 4.78 is 4.72. The van der Waals surface area contributed by atoms with Crippen LogP contribution in [0.25, 0.3) is 0 Å². The number of methoxy groups -OCH3 is 1. The lowest BCUT2D eigenvalue weighted by molar-refractivity contribution is -0.146. The van der Waals surface area contributed by atoms with Gasteiger partial charge in [-0.2, -0.15) is 0 Å². The van der Waals surface area contributed by atoms with Gasteiger partial charge in [0.2, 0.25) is 0 Å². The maximum atomic E-state index is 11.5. The molecule has 1 aromatic heterocycles. The third-order valence-electron chi connectivity index (χ3n) is 3.20. The molecule has 2 heterocycles. The number of ether oxygens (including phenoxy) is 1. The van der Waals surface area contributed by atoms with Crippen LogP contribution in [0.3, 0.4) is 0 Å². The second-order valence-corrected chi connectivity index (χ2v) is 5.42. The van der Waals surface area contributed by atoms with Gasteiger partial charge in [-0.15, -0.1) is 11.3 Å². The molecule has 0 radical (unpaired) electrons. The number of carboxylic acids is 1. The van der Waals surface area contributed by atoms with Crippen LogP contribution < -0.4 is 0 Å². The van der Waals surface area contributed by atoms with Crippen molar-refractivity contribution in [1.29, 1.82) is 0 Å². The number of esters is 1. The van der Waals surface area contributed by atoms with Crippen molar-refractivity contribution in [3.63, 3.8) is 0 Å². The molecule has 2 rings (SSSR count). The van der Waals surface area contributed by atoms with Gasteiger partial charge in [0.15, 0.2) is 0 Å². The summed E-state index contributed by atoms with van der Waals surface area (Å²) in [5.74, 6) is -1.14. The molecule has 1 N–H and O–H groups in total. The molecule has 18 heavy (non-hydrogen) atoms. The van der Waals surface area contributed by atoms with Gasteiger partial charge in [-0.1, -0.05) is 0 Å². The molecule has 1 unspecified atom stereocenters. The van der Waals surface area contributed by atoms with E-state index in [1.54, 1.807) is 13.0 Å². The van der Waals surface area contributed by atoms with Gasteiger partial charge in [0.1, 0.15) is 10.9 Å². The van der Waals surface area contributed by atoms with Gasteiger partial charge in [-0.3, -0.25) is 9.69 Å². The zero-order valence-corrected chi connectivity index (χ0v) is 11.1. The van der Waals surface area contributed by atoms with Crippen molar-refractivity contribution in [3.05, 3.63) is 21.4 Å². The number of carboxylic acid groups (broad SMARTS) is 1. The van der Waals surface area contributed by atoms with Gasteiger partial charge in [0, 0.05) is 18.0 Å². The van der Waals surface area contributed by atoms with E-state index in [0.29, 0.717) is 11.4 Å². The Hall–Kier alpha value is -1.40. The van der Waals surface area contributed by atoms with Crippen molar-refractivity contribution in [2.75, 3.05) is 13.7 Å². The fourth-order valence-electron chi connectivity index (χ4n) is 2.11. The van der Waals surface area contributed by atoms with Gasteiger partial charge in [-0.05, 0) is 25.0 Å². The van der Waals surface area contributed by atoms with Gasteiger partial charge >= 0.3 is 11.9 Å². The first kappa shape index (κ1) is 13.0. The van der Waals surface area contributed by atoms with E-state index >= 15 is 0 Å². The summed E-state index contributed by atoms with van der Waals surface area (Å²) in [4.78, 5) is 25.9. The summed E-state index contributed by atoms with van der Waals surface area (Å²) in [6.45, 7) is 3.17. The van der Waals surface area contributed by atoms with E-state index in [-0.39, 0.29) is 12.0 Å². The first-order chi connectivity index (χ1) is 8.52. The van der Waals surface area contributed by atoms with E-state index < -0.39 is 5.97 Å². The fraction of sp³-hybridized carbons (Fsp3) is 0.500. The van der Waals surface area contributed by atoms with E-state index in [4.69, 9.17) is 9.84 Å². The zero-order valence-electron chi connectivity index (χ0n) is 10.3. The largest absolute Gasteiger partial charge is 0.477 e. The number of nitrogens with zero attached hydrogens (tertiary/aromatic N) is 1. The Morgan fingerprint density at radius 3 is 2.89 bits per heavy atom. The molecule has 0 fully saturated rings. The molecule has 0 spiro atoms. The molecule has 1 aliphatic rings. The molecule has 1 aliphatic heterocycles. The third kappa shape index (κ3) is 2.39. The number of fused-ring (bicyclic) bond motifs is 1. The summed E-state index contributed by atoms with van der Waals surface area (Å²) in [6, 6.07) is 1.41. The summed E-state index contributed by atoms with van der Waals surface area (Å²) in [7, 11) is 1.38. The van der Waals surface area contributed by atoms with Crippen LogP contribution in [0.4, 0.5) is 0 Å². The molecular weight excluding hydrogens is 254 g/mol. The van der Waals surface area contributed by atoms with Crippen molar-refractivity contribution in [2.24, 2.45) is 0 Å². The Bertz CT molecular complexity index is 482. The molecule has 0 aliphatic carbocycles. The van der Waals surface area contributed by atoms with Crippen LogP contribution in [0.15, 0.2) is 6.07 Å². The first-order valence-corrected chi connectivity index (χ1v) is 6.51. The highest BCUT2D eigenvalue weighted by Crippen LogP contribution is 2.29. The average Bonchev–Trinajstić information content (AvgIpc) is 2.79. The lowest BCUT2D eigenvalue weighted by Crippen LogP contribution is -2.42. The standard InChI is InChI=1S/C12H15NO4S/c1-7(12(16)17-2)13-4-3-9-8(6-13)5-10(18-9)11(14)15/h5,7H,3-4,6H2,1-2H3,(H,14,15). The van der Waals surface area contributed by atoms with Crippen LogP contribution in [-0.2, 0) is 22.5 Å². The molecule has 0 bridgehead atoms. The second-order valence-electron chi connectivity index (χ2n) is 4.28. The molecule has 98 valence electrons. The van der Waals surface area contributed by atoms with Crippen LogP contribution in [0, 0.1) is 0 Å². The van der Waals surface area contributed by atoms with Gasteiger partial charge < -0.3 is 9.84 Å². The highest BCUT2D eigenvalue weighted by atomic mass is 32.1. The molecule has 1 aromatic rings. The maximum Gasteiger partial charge on any atom is 0.345 e. The van der Waals surface area contributed by atoms with Crippen molar-refractivity contribution < 1.29 is 19.4 Å². The van der Waals surface area contributed by atoms with Gasteiger partial charge in [-0.25, -0.2) is 4.79 Å². The lowest BCUT2D eigenvalue weighted by Gasteiger charge is -2.30. The van der Waals surface area contributed by atoms with Crippen molar-refractivity contribution in [3.8, 4) is 0 Å². The molecule has 0 aromatic carbocycles. The number of carbonyl (C=O) groups is 2. The van der Waals surface area contributed by atoms with E-state index in [1.807, 2.05) is 4.90 Å². The molecular formula is C12H15NO4S. The predicted molar refractivity (Wildman–Crippen MR) is 66.9 cm³/mol. The molecule has 6 heteroatoms. The molecule has 0 saturated heterocycles. The van der Waals surface area contributed by atoms with E-state index in [2.05, 4.69) is 0 Å². The van der Waals surface area contributed by atoms with Crippen LogP contribution in [0.2, 0.25) is 0 Å². The van der Waals surface area contributed by atoms with Gasteiger partial charge in [0.05, 0.1) is 7.11 Å². The van der Waals surface area contributed by atoms with Crippen molar-refractivity contribution in [1.82, 2.24) is 4.90 Å². The Kier molecular flexibility index (Phi) is 3.68. The monoisotopic (exact) mass is 269 g/mol. The Labute approximate surface area is 109 Å². The highest BCUT2D eigenvalue weighted by molar-refractivity contribution is 7.14. The highest BCUT2D eigenvalue weighted by Gasteiger charge is 2.27. The van der Waals surface area contributed by atoms with Crippen LogP contribution in [0.1, 0.15) is 27.0 Å². The molecule has 0 saturated carbocycles. The van der Waals surface area contributed by atoms with Crippen LogP contribution in [0.5, 0.6) is 0 Å². The fourth-order valence-corrected chi connectivity index (χ4v) is 3.11. The van der Waals surface area contributed by atoms with Crippen molar-refractivity contribution in [2.45, 2.75) is 25.9 Å². The maximum absolute atomic E-state index is 11.5. The number of hydrogen-bond donors (Lipinski definition) is 1. The average molecular weight is 269 g/mol. The summed E-state index contributed by atoms with van der Waals surface area (Å²) in [6.07, 6.45) is 0.786. The number of hydrogen-bond acceptors (Lipinski definition) is 5. The SMILES string of the molecule is COC(=O)C(C)N1CCc2sc(C(=O)O)cc2C1. The summed E-state index contributed by atoms with van der Waals surface area (Å²) >= 11 is 1.33. The second kappa shape index (κ2) is 5.07. The molecule has 0 amide bonds. The first-order valence-electron chi connectivity index (χ1n) is 5.69. The van der Waals surface area contributed by atoms with E-state index in [9.17, 15) is 9.59 Å². The van der Waals surface area contributed by atoms with E-state index in [1.165, 1.54) is 18.4 Å². The number of aromatic carboxylic acids is 1. The minimum Gasteiger partial charge on any atom is -0.477 e. The van der Waals surface area contributed by atoms with Crippen LogP contribution in [-0.4, -0.2) is 41.6 Å². The zero-order chi connectivity index (χ0) is 13.3. The predicted octanol–water partition coefficient (Wildman–Crippen LogP) is 1.37. The molecule has 1 atom stereocenters. The number of rotatable bonds is 3. The Morgan fingerprint density at radius 2 is 2.28 bits per heavy atom. The smallest absolute Gasteiger partial charge is 0.345 e. The summed E-state index contributed by atoms with van der Waals surface area (Å²) in [5.41, 5.74) is 1.01. The van der Waals surface area contributed by atoms with Crippen molar-refractivity contribution >= 4 is 23.3 Å².